The van der Waals surface area contributed by atoms with Gasteiger partial charge in [-0.2, -0.15) is 0 Å². The quantitative estimate of drug-likeness (QED) is 0.202. The summed E-state index contributed by atoms with van der Waals surface area (Å²) in [7, 11) is 0. The molecule has 11 heteroatoms. The first-order valence-electron chi connectivity index (χ1n) is 9.46. The average Bonchev–Trinajstić information content (AvgIpc) is 3.04. The summed E-state index contributed by atoms with van der Waals surface area (Å²) in [6.07, 6.45) is 0.0203. The van der Waals surface area contributed by atoms with Gasteiger partial charge in [-0.05, 0) is 38.1 Å². The van der Waals surface area contributed by atoms with Crippen LogP contribution in [0.15, 0.2) is 52.5 Å². The molecule has 1 N–H and O–H groups in total. The molecule has 1 fully saturated rings. The van der Waals surface area contributed by atoms with E-state index in [1.165, 1.54) is 25.1 Å². The van der Waals surface area contributed by atoms with Gasteiger partial charge in [-0.3, -0.25) is 25.1 Å². The molecule has 1 aliphatic rings. The van der Waals surface area contributed by atoms with E-state index >= 15 is 0 Å². The highest BCUT2D eigenvalue weighted by Gasteiger charge is 2.35. The number of amides is 2. The fourth-order valence-electron chi connectivity index (χ4n) is 2.93. The fourth-order valence-corrected chi connectivity index (χ4v) is 3.39. The van der Waals surface area contributed by atoms with Gasteiger partial charge in [0, 0.05) is 16.1 Å². The van der Waals surface area contributed by atoms with Crippen LogP contribution in [-0.2, 0) is 19.1 Å². The molecule has 0 aromatic heterocycles. The van der Waals surface area contributed by atoms with Crippen molar-refractivity contribution in [2.24, 2.45) is 0 Å². The summed E-state index contributed by atoms with van der Waals surface area (Å²) < 4.78 is 10.8. The molecule has 2 amide bonds. The highest BCUT2D eigenvalue weighted by molar-refractivity contribution is 9.10. The maximum atomic E-state index is 12.9. The molecular formula is C21H18BrN3O7. The number of ether oxygens (including phenoxy) is 2. The smallest absolute Gasteiger partial charge is 0.347 e. The third-order valence-electron chi connectivity index (χ3n) is 4.38. The average molecular weight is 504 g/mol. The number of anilines is 1. The summed E-state index contributed by atoms with van der Waals surface area (Å²) in [6.45, 7) is 3.10. The Morgan fingerprint density at radius 1 is 1.28 bits per heavy atom. The second kappa shape index (κ2) is 9.60. The minimum Gasteiger partial charge on any atom is -0.471 e. The molecule has 0 spiro atoms. The SMILES string of the molecule is CCOC(=O)[C@H](C)Oc1c(/C=C2/C(=O)NN(c3ccccc3)C2=O)cc(Br)cc1[N+](=O)[O-]. The topological polar surface area (TPSA) is 128 Å². The third-order valence-corrected chi connectivity index (χ3v) is 4.84. The molecule has 0 bridgehead atoms. The van der Waals surface area contributed by atoms with Crippen molar-refractivity contribution >= 4 is 51.2 Å². The van der Waals surface area contributed by atoms with Crippen molar-refractivity contribution in [3.8, 4) is 5.75 Å². The van der Waals surface area contributed by atoms with Crippen LogP contribution in [0.1, 0.15) is 19.4 Å². The van der Waals surface area contributed by atoms with Crippen molar-refractivity contribution in [3.63, 3.8) is 0 Å². The summed E-state index contributed by atoms with van der Waals surface area (Å²) >= 11 is 3.19. The van der Waals surface area contributed by atoms with E-state index in [-0.39, 0.29) is 23.5 Å². The largest absolute Gasteiger partial charge is 0.471 e. The van der Waals surface area contributed by atoms with Crippen LogP contribution in [-0.4, -0.2) is 35.4 Å². The number of nitro groups is 1. The van der Waals surface area contributed by atoms with Gasteiger partial charge < -0.3 is 9.47 Å². The second-order valence-corrected chi connectivity index (χ2v) is 7.50. The van der Waals surface area contributed by atoms with Crippen molar-refractivity contribution in [2.45, 2.75) is 20.0 Å². The van der Waals surface area contributed by atoms with Crippen molar-refractivity contribution < 1.29 is 28.8 Å². The number of nitrogens with one attached hydrogen (secondary N) is 1. The van der Waals surface area contributed by atoms with Gasteiger partial charge in [0.15, 0.2) is 6.10 Å². The number of benzene rings is 2. The molecule has 0 aliphatic carbocycles. The van der Waals surface area contributed by atoms with Gasteiger partial charge in [0.1, 0.15) is 5.57 Å². The Bertz CT molecular complexity index is 1120. The fraction of sp³-hybridized carbons (Fsp3) is 0.190. The Morgan fingerprint density at radius 3 is 2.59 bits per heavy atom. The minimum atomic E-state index is -1.17. The Labute approximate surface area is 191 Å². The maximum absolute atomic E-state index is 12.9. The molecule has 32 heavy (non-hydrogen) atoms. The molecule has 10 nitrogen and oxygen atoms in total. The zero-order chi connectivity index (χ0) is 23.4. The molecule has 0 saturated carbocycles. The Balaban J connectivity index is 2.06. The summed E-state index contributed by atoms with van der Waals surface area (Å²) in [4.78, 5) is 48.3. The lowest BCUT2D eigenvalue weighted by atomic mass is 10.1. The normalized spacial score (nSPS) is 15.5. The van der Waals surface area contributed by atoms with Gasteiger partial charge in [0.05, 0.1) is 17.2 Å². The highest BCUT2D eigenvalue weighted by Crippen LogP contribution is 2.37. The van der Waals surface area contributed by atoms with Gasteiger partial charge in [-0.15, -0.1) is 0 Å². The lowest BCUT2D eigenvalue weighted by molar-refractivity contribution is -0.386. The minimum absolute atomic E-state index is 0.0654. The van der Waals surface area contributed by atoms with Crippen molar-refractivity contribution in [3.05, 3.63) is 68.2 Å². The monoisotopic (exact) mass is 503 g/mol. The first-order valence-corrected chi connectivity index (χ1v) is 10.3. The lowest BCUT2D eigenvalue weighted by Crippen LogP contribution is -2.35. The summed E-state index contributed by atoms with van der Waals surface area (Å²) in [5, 5.41) is 12.7. The van der Waals surface area contributed by atoms with Gasteiger partial charge in [-0.1, -0.05) is 34.1 Å². The van der Waals surface area contributed by atoms with Crippen LogP contribution < -0.4 is 15.2 Å². The van der Waals surface area contributed by atoms with E-state index in [0.29, 0.717) is 10.2 Å². The first kappa shape index (κ1) is 22.9. The number of nitrogens with zero attached hydrogens (tertiary/aromatic N) is 2. The van der Waals surface area contributed by atoms with Crippen LogP contribution in [0.2, 0.25) is 0 Å². The van der Waals surface area contributed by atoms with Gasteiger partial charge in [0.25, 0.3) is 11.8 Å². The van der Waals surface area contributed by atoms with E-state index in [0.717, 1.165) is 5.01 Å². The van der Waals surface area contributed by atoms with Crippen LogP contribution in [0.4, 0.5) is 11.4 Å². The number of rotatable bonds is 7. The predicted octanol–water partition coefficient (Wildman–Crippen LogP) is 3.15. The number of esters is 1. The number of halogens is 1. The molecule has 1 saturated heterocycles. The number of nitro benzene ring substituents is 1. The molecule has 166 valence electrons. The lowest BCUT2D eigenvalue weighted by Gasteiger charge is -2.16. The second-order valence-electron chi connectivity index (χ2n) is 6.59. The summed E-state index contributed by atoms with van der Waals surface area (Å²) in [5.41, 5.74) is 2.26. The molecule has 1 atom stereocenters. The van der Waals surface area contributed by atoms with Crippen LogP contribution >= 0.6 is 15.9 Å². The van der Waals surface area contributed by atoms with Crippen molar-refractivity contribution in [1.82, 2.24) is 5.43 Å². The summed E-state index contributed by atoms with van der Waals surface area (Å²) in [6, 6.07) is 11.1. The maximum Gasteiger partial charge on any atom is 0.347 e. The molecule has 2 aromatic carbocycles. The number of carbonyl (C=O) groups excluding carboxylic acids is 3. The van der Waals surface area contributed by atoms with Crippen LogP contribution in [0, 0.1) is 10.1 Å². The molecule has 0 unspecified atom stereocenters. The molecule has 2 aromatic rings. The van der Waals surface area contributed by atoms with Crippen LogP contribution in [0.25, 0.3) is 6.08 Å². The predicted molar refractivity (Wildman–Crippen MR) is 118 cm³/mol. The van der Waals surface area contributed by atoms with E-state index in [9.17, 15) is 24.5 Å². The molecule has 3 rings (SSSR count). The number of hydrogen-bond acceptors (Lipinski definition) is 7. The number of carbonyl (C=O) groups is 3. The Morgan fingerprint density at radius 2 is 1.97 bits per heavy atom. The zero-order valence-corrected chi connectivity index (χ0v) is 18.6. The number of para-hydroxylation sites is 1. The van der Waals surface area contributed by atoms with E-state index in [1.807, 2.05) is 0 Å². The van der Waals surface area contributed by atoms with E-state index in [2.05, 4.69) is 21.4 Å². The molecule has 1 heterocycles. The standard InChI is InChI=1S/C21H18BrN3O7/c1-3-31-21(28)12(2)32-18-13(9-14(22)11-17(18)25(29)30)10-16-19(26)23-24(20(16)27)15-7-5-4-6-8-15/h4-12H,3H2,1-2H3,(H,23,26)/b16-10-/t12-/m0/s1. The number of hydrogen-bond donors (Lipinski definition) is 1. The van der Waals surface area contributed by atoms with Gasteiger partial charge in [0.2, 0.25) is 5.75 Å². The zero-order valence-electron chi connectivity index (χ0n) is 17.0. The van der Waals surface area contributed by atoms with Gasteiger partial charge >= 0.3 is 11.7 Å². The highest BCUT2D eigenvalue weighted by atomic mass is 79.9. The van der Waals surface area contributed by atoms with E-state index in [1.54, 1.807) is 37.3 Å². The molecular weight excluding hydrogens is 486 g/mol. The first-order chi connectivity index (χ1) is 15.2. The molecule has 1 aliphatic heterocycles. The van der Waals surface area contributed by atoms with E-state index in [4.69, 9.17) is 9.47 Å². The van der Waals surface area contributed by atoms with Crippen molar-refractivity contribution in [1.29, 1.82) is 0 Å². The van der Waals surface area contributed by atoms with Crippen LogP contribution in [0.3, 0.4) is 0 Å². The Kier molecular flexibility index (Phi) is 6.89. The Hall–Kier alpha value is -3.73. The van der Waals surface area contributed by atoms with Gasteiger partial charge in [-0.25, -0.2) is 9.80 Å². The third kappa shape index (κ3) is 4.78. The summed E-state index contributed by atoms with van der Waals surface area (Å²) in [5.74, 6) is -2.32. The van der Waals surface area contributed by atoms with Crippen molar-refractivity contribution in [2.75, 3.05) is 11.6 Å². The van der Waals surface area contributed by atoms with E-state index < -0.39 is 34.5 Å². The number of hydrazine groups is 1. The van der Waals surface area contributed by atoms with Crippen LogP contribution in [0.5, 0.6) is 5.75 Å². The molecule has 0 radical (unpaired) electrons.